The summed E-state index contributed by atoms with van der Waals surface area (Å²) in [4.78, 5) is 12.0. The number of ether oxygens (including phenoxy) is 1. The van der Waals surface area contributed by atoms with Crippen molar-refractivity contribution in [2.24, 2.45) is 17.6 Å². The lowest BCUT2D eigenvalue weighted by atomic mass is 10.0. The molecule has 20 heavy (non-hydrogen) atoms. The van der Waals surface area contributed by atoms with Crippen LogP contribution >= 0.6 is 0 Å². The van der Waals surface area contributed by atoms with E-state index >= 15 is 0 Å². The van der Waals surface area contributed by atoms with Gasteiger partial charge in [0, 0.05) is 12.5 Å². The van der Waals surface area contributed by atoms with Crippen LogP contribution in [0.15, 0.2) is 24.3 Å². The van der Waals surface area contributed by atoms with Gasteiger partial charge in [-0.2, -0.15) is 0 Å². The van der Waals surface area contributed by atoms with Gasteiger partial charge in [-0.15, -0.1) is 0 Å². The van der Waals surface area contributed by atoms with Crippen molar-refractivity contribution in [2.45, 2.75) is 40.2 Å². The number of nitrogens with two attached hydrogens (primary N) is 1. The highest BCUT2D eigenvalue weighted by Gasteiger charge is 2.14. The number of hydrogen-bond donors (Lipinski definition) is 2. The van der Waals surface area contributed by atoms with Gasteiger partial charge in [0.15, 0.2) is 0 Å². The van der Waals surface area contributed by atoms with Gasteiger partial charge in [0.25, 0.3) is 0 Å². The summed E-state index contributed by atoms with van der Waals surface area (Å²) in [5, 5.41) is 2.88. The molecule has 1 aromatic rings. The summed E-state index contributed by atoms with van der Waals surface area (Å²) >= 11 is 0. The Bertz CT molecular complexity index is 430. The molecular weight excluding hydrogens is 252 g/mol. The number of carbonyl (C=O) groups is 1. The van der Waals surface area contributed by atoms with Gasteiger partial charge in [-0.25, -0.2) is 0 Å². The van der Waals surface area contributed by atoms with E-state index in [0.29, 0.717) is 30.4 Å². The Hall–Kier alpha value is -1.55. The molecule has 0 aliphatic rings. The van der Waals surface area contributed by atoms with Crippen LogP contribution in [-0.4, -0.2) is 18.6 Å². The second kappa shape index (κ2) is 7.90. The largest absolute Gasteiger partial charge is 0.491 e. The van der Waals surface area contributed by atoms with Gasteiger partial charge in [0.2, 0.25) is 5.91 Å². The molecule has 1 atom stereocenters. The lowest BCUT2D eigenvalue weighted by molar-refractivity contribution is -0.116. The molecule has 4 nitrogen and oxygen atoms in total. The highest BCUT2D eigenvalue weighted by molar-refractivity contribution is 5.92. The molecule has 1 rings (SSSR count). The van der Waals surface area contributed by atoms with Crippen LogP contribution in [0, 0.1) is 11.8 Å². The molecule has 4 heteroatoms. The zero-order valence-corrected chi connectivity index (χ0v) is 12.8. The molecule has 0 radical (unpaired) electrons. The van der Waals surface area contributed by atoms with Crippen molar-refractivity contribution in [3.8, 4) is 5.75 Å². The zero-order chi connectivity index (χ0) is 15.1. The number of amides is 1. The van der Waals surface area contributed by atoms with Gasteiger partial charge in [-0.1, -0.05) is 39.8 Å². The van der Waals surface area contributed by atoms with Crippen LogP contribution in [0.2, 0.25) is 0 Å². The number of hydrogen-bond acceptors (Lipinski definition) is 3. The fourth-order valence-corrected chi connectivity index (χ4v) is 1.60. The summed E-state index contributed by atoms with van der Waals surface area (Å²) in [6, 6.07) is 7.35. The van der Waals surface area contributed by atoms with Crippen LogP contribution in [0.4, 0.5) is 5.69 Å². The Labute approximate surface area is 121 Å². The summed E-state index contributed by atoms with van der Waals surface area (Å²) in [7, 11) is 0. The molecule has 1 unspecified atom stereocenters. The first-order valence-electron chi connectivity index (χ1n) is 7.17. The Morgan fingerprint density at radius 2 is 1.90 bits per heavy atom. The second-order valence-electron chi connectivity index (χ2n) is 5.86. The third kappa shape index (κ3) is 5.61. The number of benzene rings is 1. The normalized spacial score (nSPS) is 12.6. The lowest BCUT2D eigenvalue weighted by Gasteiger charge is -2.17. The van der Waals surface area contributed by atoms with E-state index in [2.05, 4.69) is 19.2 Å². The van der Waals surface area contributed by atoms with Crippen LogP contribution in [-0.2, 0) is 4.79 Å². The molecule has 1 aromatic carbocycles. The van der Waals surface area contributed by atoms with Gasteiger partial charge >= 0.3 is 0 Å². The van der Waals surface area contributed by atoms with Crippen molar-refractivity contribution in [3.05, 3.63) is 24.3 Å². The Balaban J connectivity index is 2.64. The number of carbonyl (C=O) groups excluding carboxylic acids is 1. The molecule has 112 valence electrons. The molecule has 0 heterocycles. The SMILES string of the molecule is CC(C)COc1ccccc1NC(=O)CC(N)C(C)C. The monoisotopic (exact) mass is 278 g/mol. The molecule has 0 aliphatic heterocycles. The maximum Gasteiger partial charge on any atom is 0.226 e. The maximum absolute atomic E-state index is 12.0. The molecular formula is C16H26N2O2. The van der Waals surface area contributed by atoms with Crippen molar-refractivity contribution in [3.63, 3.8) is 0 Å². The summed E-state index contributed by atoms with van der Waals surface area (Å²) in [5.41, 5.74) is 6.62. The van der Waals surface area contributed by atoms with Gasteiger partial charge in [-0.3, -0.25) is 4.79 Å². The van der Waals surface area contributed by atoms with E-state index in [9.17, 15) is 4.79 Å². The van der Waals surface area contributed by atoms with Crippen molar-refractivity contribution in [1.29, 1.82) is 0 Å². The number of para-hydroxylation sites is 2. The first-order valence-corrected chi connectivity index (χ1v) is 7.17. The van der Waals surface area contributed by atoms with Crippen molar-refractivity contribution < 1.29 is 9.53 Å². The topological polar surface area (TPSA) is 64.3 Å². The van der Waals surface area contributed by atoms with E-state index in [4.69, 9.17) is 10.5 Å². The minimum absolute atomic E-state index is 0.0770. The fourth-order valence-electron chi connectivity index (χ4n) is 1.60. The van der Waals surface area contributed by atoms with E-state index in [-0.39, 0.29) is 17.9 Å². The van der Waals surface area contributed by atoms with Gasteiger partial charge in [0.05, 0.1) is 12.3 Å². The van der Waals surface area contributed by atoms with E-state index in [0.717, 1.165) is 0 Å². The number of nitrogens with one attached hydrogen (secondary N) is 1. The molecule has 0 saturated carbocycles. The first kappa shape index (κ1) is 16.5. The maximum atomic E-state index is 12.0. The smallest absolute Gasteiger partial charge is 0.226 e. The quantitative estimate of drug-likeness (QED) is 0.805. The summed E-state index contributed by atoms with van der Waals surface area (Å²) < 4.78 is 5.71. The predicted molar refractivity (Wildman–Crippen MR) is 82.8 cm³/mol. The zero-order valence-electron chi connectivity index (χ0n) is 12.8. The van der Waals surface area contributed by atoms with Crippen molar-refractivity contribution in [1.82, 2.24) is 0 Å². The number of rotatable bonds is 7. The average Bonchev–Trinajstić information content (AvgIpc) is 2.37. The van der Waals surface area contributed by atoms with Crippen LogP contribution in [0.25, 0.3) is 0 Å². The second-order valence-corrected chi connectivity index (χ2v) is 5.86. The molecule has 0 fully saturated rings. The van der Waals surface area contributed by atoms with Crippen LogP contribution < -0.4 is 15.8 Å². The molecule has 0 aromatic heterocycles. The van der Waals surface area contributed by atoms with Crippen molar-refractivity contribution in [2.75, 3.05) is 11.9 Å². The lowest BCUT2D eigenvalue weighted by Crippen LogP contribution is -2.31. The Kier molecular flexibility index (Phi) is 6.52. The highest BCUT2D eigenvalue weighted by atomic mass is 16.5. The number of anilines is 1. The Morgan fingerprint density at radius 3 is 2.50 bits per heavy atom. The van der Waals surface area contributed by atoms with Gasteiger partial charge in [0.1, 0.15) is 5.75 Å². The van der Waals surface area contributed by atoms with E-state index in [1.54, 1.807) is 0 Å². The first-order chi connectivity index (χ1) is 9.40. The van der Waals surface area contributed by atoms with Gasteiger partial charge < -0.3 is 15.8 Å². The summed E-state index contributed by atoms with van der Waals surface area (Å²) in [6.07, 6.45) is 0.316. The average molecular weight is 278 g/mol. The minimum Gasteiger partial charge on any atom is -0.491 e. The summed E-state index contributed by atoms with van der Waals surface area (Å²) in [6.45, 7) is 8.82. The third-order valence-electron chi connectivity index (χ3n) is 3.01. The van der Waals surface area contributed by atoms with Crippen LogP contribution in [0.5, 0.6) is 5.75 Å². The minimum atomic E-state index is -0.126. The predicted octanol–water partition coefficient (Wildman–Crippen LogP) is 3.03. The van der Waals surface area contributed by atoms with E-state index < -0.39 is 0 Å². The van der Waals surface area contributed by atoms with E-state index in [1.807, 2.05) is 38.1 Å². The van der Waals surface area contributed by atoms with E-state index in [1.165, 1.54) is 0 Å². The molecule has 0 spiro atoms. The molecule has 1 amide bonds. The standard InChI is InChI=1S/C16H26N2O2/c1-11(2)10-20-15-8-6-5-7-14(15)18-16(19)9-13(17)12(3)4/h5-8,11-13H,9-10,17H2,1-4H3,(H,18,19). The third-order valence-corrected chi connectivity index (χ3v) is 3.01. The van der Waals surface area contributed by atoms with Gasteiger partial charge in [-0.05, 0) is 24.0 Å². The molecule has 0 saturated heterocycles. The molecule has 0 bridgehead atoms. The molecule has 3 N–H and O–H groups in total. The fraction of sp³-hybridized carbons (Fsp3) is 0.562. The Morgan fingerprint density at radius 1 is 1.25 bits per heavy atom. The van der Waals surface area contributed by atoms with Crippen molar-refractivity contribution >= 4 is 11.6 Å². The van der Waals surface area contributed by atoms with Crippen LogP contribution in [0.1, 0.15) is 34.1 Å². The van der Waals surface area contributed by atoms with Crippen LogP contribution in [0.3, 0.4) is 0 Å². The summed E-state index contributed by atoms with van der Waals surface area (Å²) in [5.74, 6) is 1.35. The molecule has 0 aliphatic carbocycles. The highest BCUT2D eigenvalue weighted by Crippen LogP contribution is 2.24.